The van der Waals surface area contributed by atoms with Crippen LogP contribution >= 0.6 is 0 Å². The Kier molecular flexibility index (Phi) is 49.5. The van der Waals surface area contributed by atoms with Gasteiger partial charge in [-0.2, -0.15) is 0 Å². The lowest BCUT2D eigenvalue weighted by Crippen LogP contribution is -2.65. The number of nitrogens with one attached hydrogen (secondary N) is 1. The van der Waals surface area contributed by atoms with E-state index in [1.807, 2.05) is 0 Å². The van der Waals surface area contributed by atoms with Crippen LogP contribution in [-0.4, -0.2) is 140 Å². The van der Waals surface area contributed by atoms with Crippen molar-refractivity contribution in [1.82, 2.24) is 5.32 Å². The summed E-state index contributed by atoms with van der Waals surface area (Å²) in [6, 6.07) is -0.834. The highest BCUT2D eigenvalue weighted by Crippen LogP contribution is 2.30. The molecule has 2 saturated heterocycles. The van der Waals surface area contributed by atoms with E-state index in [1.54, 1.807) is 0 Å². The number of carbonyl (C=O) groups excluding carboxylic acids is 1. The molecule has 2 aliphatic heterocycles. The van der Waals surface area contributed by atoms with Crippen LogP contribution in [0.3, 0.4) is 0 Å². The van der Waals surface area contributed by atoms with E-state index >= 15 is 0 Å². The minimum Gasteiger partial charge on any atom is -0.394 e. The molecule has 83 heavy (non-hydrogen) atoms. The summed E-state index contributed by atoms with van der Waals surface area (Å²) < 4.78 is 22.9. The number of hydrogen-bond acceptors (Lipinski definition) is 13. The van der Waals surface area contributed by atoms with Gasteiger partial charge in [-0.25, -0.2) is 0 Å². The molecular weight excluding hydrogens is 1050 g/mol. The quantitative estimate of drug-likeness (QED) is 0.0204. The van der Waals surface area contributed by atoms with E-state index in [0.717, 1.165) is 96.3 Å². The number of aliphatic hydroxyl groups is 8. The Balaban J connectivity index is 1.67. The zero-order valence-corrected chi connectivity index (χ0v) is 52.2. The van der Waals surface area contributed by atoms with E-state index < -0.39 is 86.8 Å². The van der Waals surface area contributed by atoms with Gasteiger partial charge in [-0.1, -0.05) is 267 Å². The number of allylic oxidation sites excluding steroid dienone is 12. The Bertz CT molecular complexity index is 1670. The molecule has 0 bridgehead atoms. The normalized spacial score (nSPS) is 24.3. The first kappa shape index (κ1) is 76.5. The third-order valence-electron chi connectivity index (χ3n) is 16.2. The highest BCUT2D eigenvalue weighted by atomic mass is 16.7. The van der Waals surface area contributed by atoms with Gasteiger partial charge in [0.1, 0.15) is 48.8 Å². The molecule has 2 fully saturated rings. The molecular formula is C69H123NO13. The van der Waals surface area contributed by atoms with E-state index in [1.165, 1.54) is 141 Å². The number of amides is 1. The fourth-order valence-corrected chi connectivity index (χ4v) is 10.8. The highest BCUT2D eigenvalue weighted by molar-refractivity contribution is 5.76. The minimum atomic E-state index is -1.78. The summed E-state index contributed by atoms with van der Waals surface area (Å²) in [4.78, 5) is 13.3. The van der Waals surface area contributed by atoms with Crippen LogP contribution in [-0.2, 0) is 23.7 Å². The molecule has 0 aliphatic carbocycles. The second-order valence-corrected chi connectivity index (χ2v) is 23.6. The summed E-state index contributed by atoms with van der Waals surface area (Å²) in [7, 11) is 0. The van der Waals surface area contributed by atoms with Crippen LogP contribution in [0, 0.1) is 0 Å². The Labute approximate surface area is 504 Å². The molecule has 2 aliphatic rings. The Morgan fingerprint density at radius 1 is 0.446 bits per heavy atom. The van der Waals surface area contributed by atoms with Crippen molar-refractivity contribution < 1.29 is 64.6 Å². The van der Waals surface area contributed by atoms with Crippen LogP contribution in [0.25, 0.3) is 0 Å². The predicted octanol–water partition coefficient (Wildman–Crippen LogP) is 13.1. The van der Waals surface area contributed by atoms with Gasteiger partial charge in [0, 0.05) is 6.42 Å². The number of unbranched alkanes of at least 4 members (excludes halogenated alkanes) is 29. The lowest BCUT2D eigenvalue weighted by molar-refractivity contribution is -0.359. The molecule has 0 saturated carbocycles. The molecule has 1 amide bonds. The highest BCUT2D eigenvalue weighted by Gasteiger charge is 2.51. The van der Waals surface area contributed by atoms with Gasteiger partial charge in [0.2, 0.25) is 5.91 Å². The Morgan fingerprint density at radius 2 is 0.831 bits per heavy atom. The van der Waals surface area contributed by atoms with Gasteiger partial charge in [-0.15, -0.1) is 0 Å². The Hall–Kier alpha value is -2.57. The summed E-state index contributed by atoms with van der Waals surface area (Å²) >= 11 is 0. The Morgan fingerprint density at radius 3 is 1.28 bits per heavy atom. The summed E-state index contributed by atoms with van der Waals surface area (Å²) in [5, 5.41) is 87.5. The fourth-order valence-electron chi connectivity index (χ4n) is 10.8. The molecule has 9 N–H and O–H groups in total. The van der Waals surface area contributed by atoms with Crippen molar-refractivity contribution in [3.8, 4) is 0 Å². The van der Waals surface area contributed by atoms with Crippen LogP contribution in [0.5, 0.6) is 0 Å². The van der Waals surface area contributed by atoms with Gasteiger partial charge in [0.15, 0.2) is 12.6 Å². The number of carbonyl (C=O) groups is 1. The SMILES string of the molecule is CC/C=C\C/C=C\C/C=C\C/C=C\C/C=C\C/C=C\CCCCCCCCCCCCCCC(=O)NC(COC1OC(CO)C(OC2OC(CO)C(O)C(O)C2O)C(O)C1O)C(O)CCCCCCCCCCCCCCCCCCCC. The van der Waals surface area contributed by atoms with Crippen molar-refractivity contribution in [2.24, 2.45) is 0 Å². The van der Waals surface area contributed by atoms with E-state index in [-0.39, 0.29) is 12.5 Å². The van der Waals surface area contributed by atoms with E-state index in [2.05, 4.69) is 92.1 Å². The van der Waals surface area contributed by atoms with Gasteiger partial charge >= 0.3 is 0 Å². The maximum atomic E-state index is 13.3. The number of rotatable bonds is 54. The molecule has 0 aromatic rings. The van der Waals surface area contributed by atoms with Gasteiger partial charge in [0.05, 0.1) is 32.0 Å². The van der Waals surface area contributed by atoms with Crippen molar-refractivity contribution in [3.63, 3.8) is 0 Å². The molecule has 12 unspecified atom stereocenters. The number of hydrogen-bond donors (Lipinski definition) is 9. The van der Waals surface area contributed by atoms with Crippen LogP contribution in [0.15, 0.2) is 72.9 Å². The molecule has 0 aromatic carbocycles. The second-order valence-electron chi connectivity index (χ2n) is 23.6. The van der Waals surface area contributed by atoms with E-state index in [4.69, 9.17) is 18.9 Å². The first-order valence-corrected chi connectivity index (χ1v) is 33.7. The van der Waals surface area contributed by atoms with Crippen LogP contribution in [0.2, 0.25) is 0 Å². The van der Waals surface area contributed by atoms with Gasteiger partial charge in [-0.3, -0.25) is 4.79 Å². The van der Waals surface area contributed by atoms with Gasteiger partial charge < -0.3 is 65.1 Å². The average molecular weight is 1170 g/mol. The number of ether oxygens (including phenoxy) is 4. The summed E-state index contributed by atoms with van der Waals surface area (Å²) in [5.41, 5.74) is 0. The van der Waals surface area contributed by atoms with Gasteiger partial charge in [-0.05, 0) is 64.2 Å². The maximum absolute atomic E-state index is 13.3. The molecule has 12 atom stereocenters. The third-order valence-corrected chi connectivity index (χ3v) is 16.2. The molecule has 482 valence electrons. The lowest BCUT2D eigenvalue weighted by atomic mass is 9.97. The third kappa shape index (κ3) is 38.4. The van der Waals surface area contributed by atoms with E-state index in [0.29, 0.717) is 12.8 Å². The van der Waals surface area contributed by atoms with Crippen molar-refractivity contribution in [2.75, 3.05) is 19.8 Å². The van der Waals surface area contributed by atoms with Crippen LogP contribution in [0.4, 0.5) is 0 Å². The second kappa shape index (κ2) is 53.7. The zero-order valence-electron chi connectivity index (χ0n) is 52.2. The molecule has 14 heteroatoms. The maximum Gasteiger partial charge on any atom is 0.220 e. The monoisotopic (exact) mass is 1170 g/mol. The largest absolute Gasteiger partial charge is 0.394 e. The molecule has 14 nitrogen and oxygen atoms in total. The molecule has 2 rings (SSSR count). The predicted molar refractivity (Wildman–Crippen MR) is 337 cm³/mol. The minimum absolute atomic E-state index is 0.209. The molecule has 0 spiro atoms. The van der Waals surface area contributed by atoms with E-state index in [9.17, 15) is 45.6 Å². The first-order valence-electron chi connectivity index (χ1n) is 33.7. The summed E-state index contributed by atoms with van der Waals surface area (Å²) in [5.74, 6) is -0.209. The molecule has 2 heterocycles. The molecule has 0 aromatic heterocycles. The number of aliphatic hydroxyl groups excluding tert-OH is 8. The topological polar surface area (TPSA) is 228 Å². The van der Waals surface area contributed by atoms with Crippen molar-refractivity contribution >= 4 is 5.91 Å². The summed E-state index contributed by atoms with van der Waals surface area (Å²) in [6.07, 6.45) is 54.7. The fraction of sp³-hybridized carbons (Fsp3) is 0.812. The van der Waals surface area contributed by atoms with Crippen molar-refractivity contribution in [2.45, 2.75) is 338 Å². The summed E-state index contributed by atoms with van der Waals surface area (Å²) in [6.45, 7) is 2.77. The van der Waals surface area contributed by atoms with Crippen molar-refractivity contribution in [3.05, 3.63) is 72.9 Å². The standard InChI is InChI=1S/C69H123NO13/c1-3-5-7-9-11-13-15-17-19-21-23-24-25-26-27-28-29-30-31-32-33-34-35-37-39-41-43-45-47-49-51-53-61(74)70-57(58(73)52-50-48-46-44-42-40-38-36-22-20-18-16-14-12-10-8-6-4-2)56-80-68-66(79)64(77)67(60(55-72)82-68)83-69-65(78)63(76)62(75)59(54-71)81-69/h5,7,11,13,17,19,23-24,26-27,29-30,57-60,62-69,71-73,75-79H,3-4,6,8-10,12,14-16,18,20-22,25,28,31-56H2,1-2H3,(H,70,74)/b7-5-,13-11-,19-17-,24-23-,27-26-,30-29-. The smallest absolute Gasteiger partial charge is 0.220 e. The van der Waals surface area contributed by atoms with Crippen molar-refractivity contribution in [1.29, 1.82) is 0 Å². The van der Waals surface area contributed by atoms with Gasteiger partial charge in [0.25, 0.3) is 0 Å². The van der Waals surface area contributed by atoms with Crippen LogP contribution in [0.1, 0.15) is 264 Å². The average Bonchev–Trinajstić information content (AvgIpc) is 3.64. The first-order chi connectivity index (χ1) is 40.6. The molecule has 0 radical (unpaired) electrons. The zero-order chi connectivity index (χ0) is 60.2. The van der Waals surface area contributed by atoms with Crippen LogP contribution < -0.4 is 5.32 Å². The lowest BCUT2D eigenvalue weighted by Gasteiger charge is -2.46.